The average molecular weight is 2090 g/mol. The van der Waals surface area contributed by atoms with E-state index in [9.17, 15) is 92.3 Å². The molecule has 0 saturated carbocycles. The number of primary amides is 1. The molecule has 0 aliphatic carbocycles. The Labute approximate surface area is 860 Å². The van der Waals surface area contributed by atoms with Crippen LogP contribution in [0.15, 0.2) is 112 Å². The van der Waals surface area contributed by atoms with E-state index in [2.05, 4.69) is 79.8 Å². The van der Waals surface area contributed by atoms with Gasteiger partial charge in [-0.05, 0) is 228 Å². The van der Waals surface area contributed by atoms with E-state index < -0.39 is 227 Å². The second-order valence-electron chi connectivity index (χ2n) is 39.3. The molecule has 3 aliphatic heterocycles. The number of hydrogen-bond acceptors (Lipinski definition) is 26. The number of nitrogens with two attached hydrogens (primary N) is 1. The maximum atomic E-state index is 16.0. The molecule has 1 unspecified atom stereocenters. The lowest BCUT2D eigenvalue weighted by Crippen LogP contribution is -2.67. The topological polar surface area (TPSA) is 627 Å². The first-order chi connectivity index (χ1) is 69.2. The van der Waals surface area contributed by atoms with Crippen LogP contribution in [0.1, 0.15) is 224 Å². The molecule has 3 aromatic heterocycles. The number of carboxylic acids is 3. The van der Waals surface area contributed by atoms with Crippen molar-refractivity contribution in [3.63, 3.8) is 0 Å². The molecule has 1 saturated heterocycles. The van der Waals surface area contributed by atoms with Crippen LogP contribution in [-0.4, -0.2) is 278 Å². The number of cyclic esters (lactones) is 1. The number of aliphatic carboxylic acids is 2. The predicted molar refractivity (Wildman–Crippen MR) is 546 cm³/mol. The van der Waals surface area contributed by atoms with Crippen LogP contribution in [0.4, 0.5) is 4.79 Å². The first kappa shape index (κ1) is 118. The molecule has 21 N–H and O–H groups in total. The molecule has 3 aliphatic rings. The van der Waals surface area contributed by atoms with Gasteiger partial charge in [0, 0.05) is 82.5 Å². The standard InChI is InChI=1S/C101H142N18O24S3/c1-11-41-119(62(4)121)100(10)37-21-15-16-23-39-101(117-93(137)78(53-98(5,6)7)114-88(132)73(104-58-100)51-81(123)124)38-22-14-12-13-17-25-43-143-97(142)118-42-34-68(54-118)108-86(130)70(30-20-24-40-103-80(122)33-32-71(85(129)106-60(2)83(102)127)110-90(134)76(50-67-57-146-79-31-19-18-29-69(67)79)113-87(131)72(105-59-120)48-64-35-44-144-55-64)109-89(133)74(49-65-36-45-145-56-65)111-84(128)61(3)107-95(140)99(8,9)116-92(136)75(47-63-27-26-28-66(46-63)94(138)139)112-91(135)77(52-82(125)126)115-96(101)141/h12-13,15,18-19,21,26-29,31,35-36,44-46,55-57,59-61,68,70-78,93,104,117,137H,11,14,16-17,20,22-25,30,32-34,37-43,47-54,58H2,1-10H3,(H2,102,127)(H,103,122)(H,105,120)(H,106,129)(H,107,140)(H,108,130)(H,109,133)(H,110,134)(H,111,128)(H,112,135)(H,113,131)(H,114,132)(H,115,141)(H,116,136)(H,123,124)(H,125,126)(H,138,139)/b13-12-,21-15-/t60-,61-,68-,70-,71-,72-,73-,74-,75-,76-,77-,78-,93?,100+,101+/m0/s1. The fraction of sp³-hybridized carbons (Fsp3) is 0.554. The minimum atomic E-state index is -2.07. The SMILES string of the molecule is CCCN(C(C)=O)[C@]1(C)C/C=C\CCC[C@@]2(CCC/C=C\CCCOC(=O)N3CC[C@@H](C3)NC(=O)[C@H](CCCCNC(=O)CC[C@H](NC(=O)[C@H](Cc3csc4ccccc34)NC(=O)[C@H](Cc3ccsc3)NC=O)C(=O)N[C@@H](C)C(N)=O)NC(=O)[C@H](Cc3ccsc3)NC(=O)[C@H](C)NC(=O)C(C)(C)NC(=O)[C@H](Cc3cccc(C(=O)O)c3)NC(=O)[C@H](CC(=O)O)NC2=O)NC(O)[C@H](CC(C)(C)C)NC(=O)[C@H](CC(=O)O)NC1. The Morgan fingerprint density at radius 3 is 1.92 bits per heavy atom. The second-order valence-corrected chi connectivity index (χ2v) is 41.8. The van der Waals surface area contributed by atoms with Crippen molar-refractivity contribution in [2.24, 2.45) is 11.1 Å². The van der Waals surface area contributed by atoms with Crippen LogP contribution in [-0.2, 0) is 112 Å². The maximum absolute atomic E-state index is 16.0. The number of nitrogens with one attached hydrogen (secondary N) is 15. The number of rotatable bonds is 34. The summed E-state index contributed by atoms with van der Waals surface area (Å²) in [6, 6.07) is -0.846. The number of amides is 16. The number of unbranched alkanes of at least 4 members (excludes halogenated alkanes) is 1. The highest BCUT2D eigenvalue weighted by atomic mass is 32.1. The summed E-state index contributed by atoms with van der Waals surface area (Å²) in [4.78, 5) is 270. The zero-order valence-corrected chi connectivity index (χ0v) is 86.7. The van der Waals surface area contributed by atoms with E-state index in [1.165, 1.54) is 97.8 Å². The Kier molecular flexibility index (Phi) is 46.2. The highest BCUT2D eigenvalue weighted by molar-refractivity contribution is 7.17. The third kappa shape index (κ3) is 37.7. The van der Waals surface area contributed by atoms with Gasteiger partial charge in [-0.15, -0.1) is 11.3 Å². The number of carbonyl (C=O) groups is 19. The molecule has 45 heteroatoms. The summed E-state index contributed by atoms with van der Waals surface area (Å²) < 4.78 is 6.62. The van der Waals surface area contributed by atoms with Crippen LogP contribution in [0, 0.1) is 5.41 Å². The number of aromatic carboxylic acids is 1. The van der Waals surface area contributed by atoms with E-state index in [1.54, 1.807) is 51.6 Å². The van der Waals surface area contributed by atoms with E-state index in [1.807, 2.05) is 75.6 Å². The monoisotopic (exact) mass is 2090 g/mol. The van der Waals surface area contributed by atoms with Crippen LogP contribution < -0.4 is 85.5 Å². The lowest BCUT2D eigenvalue weighted by molar-refractivity contribution is -0.143. The summed E-state index contributed by atoms with van der Waals surface area (Å²) in [6.45, 7) is 15.9. The van der Waals surface area contributed by atoms with Gasteiger partial charge in [0.15, 0.2) is 0 Å². The summed E-state index contributed by atoms with van der Waals surface area (Å²) in [5.41, 5.74) is 1.59. The fourth-order valence-electron chi connectivity index (χ4n) is 17.4. The number of benzene rings is 2. The van der Waals surface area contributed by atoms with Gasteiger partial charge >= 0.3 is 24.0 Å². The highest BCUT2D eigenvalue weighted by Crippen LogP contribution is 2.32. The normalized spacial score (nSPS) is 23.9. The number of carbonyl (C=O) groups excluding carboxylic acids is 16. The number of fused-ring (bicyclic) bond motifs is 3. The summed E-state index contributed by atoms with van der Waals surface area (Å²) in [7, 11) is 0. The Morgan fingerprint density at radius 1 is 0.658 bits per heavy atom. The second kappa shape index (κ2) is 57.1. The van der Waals surface area contributed by atoms with Gasteiger partial charge in [0.2, 0.25) is 89.1 Å². The molecule has 8 rings (SSSR count). The molecule has 146 heavy (non-hydrogen) atoms. The minimum absolute atomic E-state index is 0.0127. The van der Waals surface area contributed by atoms with E-state index in [0.717, 1.165) is 15.6 Å². The Balaban J connectivity index is 1.07. The number of carboxylic acid groups (broad SMARTS) is 3. The van der Waals surface area contributed by atoms with Gasteiger partial charge < -0.3 is 115 Å². The van der Waals surface area contributed by atoms with Crippen molar-refractivity contribution < 1.29 is 116 Å². The zero-order chi connectivity index (χ0) is 107. The van der Waals surface area contributed by atoms with Crippen molar-refractivity contribution in [3.05, 3.63) is 140 Å². The van der Waals surface area contributed by atoms with Crippen LogP contribution in [0.3, 0.4) is 0 Å². The lowest BCUT2D eigenvalue weighted by atomic mass is 9.83. The first-order valence-corrected chi connectivity index (χ1v) is 52.0. The van der Waals surface area contributed by atoms with Crippen molar-refractivity contribution in [3.8, 4) is 0 Å². The van der Waals surface area contributed by atoms with Gasteiger partial charge in [0.1, 0.15) is 66.1 Å². The maximum Gasteiger partial charge on any atom is 0.409 e. The summed E-state index contributed by atoms with van der Waals surface area (Å²) in [6.07, 6.45) is 4.00. The van der Waals surface area contributed by atoms with E-state index in [0.29, 0.717) is 43.3 Å². The molecule has 6 heterocycles. The van der Waals surface area contributed by atoms with Crippen LogP contribution >= 0.6 is 34.0 Å². The third-order valence-corrected chi connectivity index (χ3v) is 28.0. The quantitative estimate of drug-likeness (QED) is 0.0157. The molecule has 1 spiro atoms. The van der Waals surface area contributed by atoms with E-state index >= 15 is 19.2 Å². The van der Waals surface area contributed by atoms with Gasteiger partial charge in [-0.2, -0.15) is 22.7 Å². The molecular weight excluding hydrogens is 1950 g/mol. The van der Waals surface area contributed by atoms with Gasteiger partial charge in [0.25, 0.3) is 0 Å². The highest BCUT2D eigenvalue weighted by Gasteiger charge is 2.46. The number of hydrogen-bond donors (Lipinski definition) is 20. The number of thiophene rings is 3. The summed E-state index contributed by atoms with van der Waals surface area (Å²) in [5, 5.41) is 94.5. The number of nitrogens with zero attached hydrogens (tertiary/aromatic N) is 2. The molecule has 16 amide bonds. The average Bonchev–Trinajstić information content (AvgIpc) is 1.18. The number of ether oxygens (including phenoxy) is 1. The van der Waals surface area contributed by atoms with Crippen molar-refractivity contribution in [1.29, 1.82) is 0 Å². The molecule has 0 radical (unpaired) electrons. The molecule has 2 aromatic carbocycles. The summed E-state index contributed by atoms with van der Waals surface area (Å²) >= 11 is 4.06. The van der Waals surface area contributed by atoms with Gasteiger partial charge in [0.05, 0.1) is 48.2 Å². The third-order valence-electron chi connectivity index (χ3n) is 25.5. The lowest BCUT2D eigenvalue weighted by Gasteiger charge is -2.42. The Bertz CT molecular complexity index is 5420. The summed E-state index contributed by atoms with van der Waals surface area (Å²) in [5.74, 6) is -16.4. The molecule has 1 fully saturated rings. The minimum Gasteiger partial charge on any atom is -0.481 e. The van der Waals surface area contributed by atoms with Crippen molar-refractivity contribution in [1.82, 2.24) is 89.6 Å². The smallest absolute Gasteiger partial charge is 0.409 e. The molecule has 798 valence electrons. The number of allylic oxidation sites excluding steroid dienone is 3. The first-order valence-electron chi connectivity index (χ1n) is 49.2. The zero-order valence-electron chi connectivity index (χ0n) is 84.2. The van der Waals surface area contributed by atoms with Crippen molar-refractivity contribution in [2.75, 3.05) is 39.3 Å². The molecule has 42 nitrogen and oxygen atoms in total. The van der Waals surface area contributed by atoms with Crippen LogP contribution in [0.25, 0.3) is 10.1 Å². The van der Waals surface area contributed by atoms with Crippen LogP contribution in [0.2, 0.25) is 0 Å². The number of aliphatic hydroxyl groups is 1. The molecule has 15 atom stereocenters. The Hall–Kier alpha value is -13.1. The van der Waals surface area contributed by atoms with Gasteiger partial charge in [-0.25, -0.2) is 9.59 Å². The molecular formula is C101H142N18O24S3. The molecule has 5 aromatic rings. The molecule has 2 bridgehead atoms. The van der Waals surface area contributed by atoms with E-state index in [-0.39, 0.29) is 153 Å². The fourth-order valence-corrected chi connectivity index (χ4v) is 19.7. The van der Waals surface area contributed by atoms with Crippen LogP contribution in [0.5, 0.6) is 0 Å². The predicted octanol–water partition coefficient (Wildman–Crippen LogP) is 3.94. The largest absolute Gasteiger partial charge is 0.481 e. The van der Waals surface area contributed by atoms with Gasteiger partial charge in [-0.3, -0.25) is 86.8 Å². The van der Waals surface area contributed by atoms with Gasteiger partial charge in [-0.1, -0.05) is 82.3 Å². The van der Waals surface area contributed by atoms with Crippen molar-refractivity contribution >= 4 is 157 Å². The van der Waals surface area contributed by atoms with E-state index in [4.69, 9.17) is 10.5 Å². The van der Waals surface area contributed by atoms with Crippen molar-refractivity contribution in [2.45, 2.75) is 312 Å². The Morgan fingerprint density at radius 2 is 1.27 bits per heavy atom. The number of aliphatic hydroxyl groups excluding tert-OH is 1.